The van der Waals surface area contributed by atoms with Crippen LogP contribution in [-0.4, -0.2) is 17.4 Å². The van der Waals surface area contributed by atoms with Crippen molar-refractivity contribution >= 4 is 51.5 Å². The lowest BCUT2D eigenvalue weighted by Crippen LogP contribution is -2.21. The number of carbonyl (C=O) groups is 1. The molecule has 0 unspecified atom stereocenters. The highest BCUT2D eigenvalue weighted by Gasteiger charge is 2.20. The van der Waals surface area contributed by atoms with Gasteiger partial charge in [0.15, 0.2) is 0 Å². The summed E-state index contributed by atoms with van der Waals surface area (Å²) in [5.41, 5.74) is 5.74. The van der Waals surface area contributed by atoms with Gasteiger partial charge in [-0.25, -0.2) is 0 Å². The lowest BCUT2D eigenvalue weighted by molar-refractivity contribution is -0.111. The Morgan fingerprint density at radius 3 is 2.96 bits per heavy atom. The predicted molar refractivity (Wildman–Crippen MR) is 113 cm³/mol. The molecular weight excluding hydrogens is 358 g/mol. The van der Waals surface area contributed by atoms with Gasteiger partial charge < -0.3 is 10.2 Å². The van der Waals surface area contributed by atoms with Crippen molar-refractivity contribution < 1.29 is 4.79 Å². The molecule has 27 heavy (non-hydrogen) atoms. The van der Waals surface area contributed by atoms with Gasteiger partial charge in [0.05, 0.1) is 11.2 Å². The topological polar surface area (TPSA) is 45.2 Å². The van der Waals surface area contributed by atoms with E-state index in [0.717, 1.165) is 45.6 Å². The van der Waals surface area contributed by atoms with Crippen LogP contribution in [0.5, 0.6) is 0 Å². The molecule has 0 atom stereocenters. The van der Waals surface area contributed by atoms with Crippen LogP contribution in [0, 0.1) is 6.92 Å². The van der Waals surface area contributed by atoms with Crippen molar-refractivity contribution in [1.29, 1.82) is 0 Å². The molecule has 0 saturated carbocycles. The molecule has 0 fully saturated rings. The Labute approximate surface area is 162 Å². The SMILES string of the molecule is C=CC(=O)Nc1cc(N2CC=Cc3cnc4ccc(Cl)cc4c32)ccc1C. The maximum atomic E-state index is 11.8. The number of nitrogens with one attached hydrogen (secondary N) is 1. The normalized spacial score (nSPS) is 12.7. The molecule has 5 heteroatoms. The lowest BCUT2D eigenvalue weighted by atomic mass is 10.0. The molecule has 0 bridgehead atoms. The maximum Gasteiger partial charge on any atom is 0.247 e. The molecule has 0 saturated heterocycles. The number of benzene rings is 2. The minimum Gasteiger partial charge on any atom is -0.336 e. The van der Waals surface area contributed by atoms with E-state index in [4.69, 9.17) is 11.6 Å². The third-order valence-corrected chi connectivity index (χ3v) is 4.90. The van der Waals surface area contributed by atoms with Crippen LogP contribution in [0.1, 0.15) is 11.1 Å². The van der Waals surface area contributed by atoms with E-state index in [1.54, 1.807) is 0 Å². The van der Waals surface area contributed by atoms with Gasteiger partial charge in [0, 0.05) is 40.1 Å². The van der Waals surface area contributed by atoms with Gasteiger partial charge in [0.2, 0.25) is 5.91 Å². The molecule has 1 N–H and O–H groups in total. The van der Waals surface area contributed by atoms with E-state index in [2.05, 4.69) is 40.0 Å². The van der Waals surface area contributed by atoms with E-state index in [1.165, 1.54) is 6.08 Å². The molecule has 2 aromatic carbocycles. The average Bonchev–Trinajstić information content (AvgIpc) is 2.68. The summed E-state index contributed by atoms with van der Waals surface area (Å²) in [4.78, 5) is 18.5. The Balaban J connectivity index is 1.87. The predicted octanol–water partition coefficient (Wildman–Crippen LogP) is 5.49. The van der Waals surface area contributed by atoms with Crippen molar-refractivity contribution in [2.45, 2.75) is 6.92 Å². The molecule has 2 heterocycles. The highest BCUT2D eigenvalue weighted by Crippen LogP contribution is 2.39. The van der Waals surface area contributed by atoms with E-state index in [0.29, 0.717) is 5.02 Å². The fourth-order valence-electron chi connectivity index (χ4n) is 3.30. The van der Waals surface area contributed by atoms with Crippen LogP contribution < -0.4 is 10.2 Å². The van der Waals surface area contributed by atoms with Crippen molar-refractivity contribution in [2.24, 2.45) is 0 Å². The first kappa shape index (κ1) is 17.3. The summed E-state index contributed by atoms with van der Waals surface area (Å²) in [6, 6.07) is 11.8. The van der Waals surface area contributed by atoms with Crippen LogP contribution in [0.25, 0.3) is 17.0 Å². The minimum atomic E-state index is -0.226. The number of nitrogens with zero attached hydrogens (tertiary/aromatic N) is 2. The zero-order valence-corrected chi connectivity index (χ0v) is 15.6. The molecule has 0 aliphatic carbocycles. The minimum absolute atomic E-state index is 0.226. The number of anilines is 3. The van der Waals surface area contributed by atoms with Crippen LogP contribution in [0.2, 0.25) is 5.02 Å². The fraction of sp³-hybridized carbons (Fsp3) is 0.0909. The summed E-state index contributed by atoms with van der Waals surface area (Å²) < 4.78 is 0. The van der Waals surface area contributed by atoms with E-state index in [-0.39, 0.29) is 5.91 Å². The van der Waals surface area contributed by atoms with Gasteiger partial charge in [-0.05, 0) is 48.9 Å². The number of carbonyl (C=O) groups excluding carboxylic acids is 1. The fourth-order valence-corrected chi connectivity index (χ4v) is 3.47. The van der Waals surface area contributed by atoms with Crippen LogP contribution in [0.15, 0.2) is 61.3 Å². The van der Waals surface area contributed by atoms with E-state index < -0.39 is 0 Å². The number of rotatable bonds is 3. The number of amides is 1. The third-order valence-electron chi connectivity index (χ3n) is 4.66. The molecule has 4 nitrogen and oxygen atoms in total. The van der Waals surface area contributed by atoms with Crippen LogP contribution in [0.3, 0.4) is 0 Å². The number of pyridine rings is 1. The quantitative estimate of drug-likeness (QED) is 0.616. The summed E-state index contributed by atoms with van der Waals surface area (Å²) in [7, 11) is 0. The number of hydrogen-bond donors (Lipinski definition) is 1. The van der Waals surface area contributed by atoms with Gasteiger partial charge in [0.1, 0.15) is 0 Å². The van der Waals surface area contributed by atoms with Gasteiger partial charge >= 0.3 is 0 Å². The van der Waals surface area contributed by atoms with Gasteiger partial charge in [-0.1, -0.05) is 36.4 Å². The van der Waals surface area contributed by atoms with Gasteiger partial charge in [-0.15, -0.1) is 0 Å². The first-order valence-electron chi connectivity index (χ1n) is 8.63. The van der Waals surface area contributed by atoms with Gasteiger partial charge in [-0.3, -0.25) is 9.78 Å². The first-order chi connectivity index (χ1) is 13.1. The third kappa shape index (κ3) is 3.20. The summed E-state index contributed by atoms with van der Waals surface area (Å²) >= 11 is 6.25. The molecule has 0 spiro atoms. The van der Waals surface area contributed by atoms with Gasteiger partial charge in [-0.2, -0.15) is 0 Å². The molecule has 1 aromatic heterocycles. The molecule has 1 aliphatic heterocycles. The lowest BCUT2D eigenvalue weighted by Gasteiger charge is -2.30. The average molecular weight is 376 g/mol. The van der Waals surface area contributed by atoms with E-state index >= 15 is 0 Å². The largest absolute Gasteiger partial charge is 0.336 e. The second kappa shape index (κ2) is 6.89. The van der Waals surface area contributed by atoms with Crippen molar-refractivity contribution in [2.75, 3.05) is 16.8 Å². The van der Waals surface area contributed by atoms with Crippen LogP contribution >= 0.6 is 11.6 Å². The Hall–Kier alpha value is -3.11. The summed E-state index contributed by atoms with van der Waals surface area (Å²) in [5.74, 6) is -0.226. The summed E-state index contributed by atoms with van der Waals surface area (Å²) in [5, 5.41) is 4.55. The van der Waals surface area contributed by atoms with E-state index in [1.807, 2.05) is 43.5 Å². The number of aromatic nitrogens is 1. The molecule has 3 aromatic rings. The number of fused-ring (bicyclic) bond motifs is 3. The number of aryl methyl sites for hydroxylation is 1. The van der Waals surface area contributed by atoms with Crippen LogP contribution in [0.4, 0.5) is 17.1 Å². The zero-order chi connectivity index (χ0) is 19.0. The standard InChI is InChI=1S/C22H18ClN3O/c1-3-21(27)25-20-12-17(8-6-14(20)2)26-10-4-5-15-13-24-19-9-7-16(23)11-18(19)22(15)26/h3-9,11-13H,1,10H2,2H3,(H,25,27). The van der Waals surface area contributed by atoms with Crippen molar-refractivity contribution in [3.8, 4) is 0 Å². The molecule has 4 rings (SSSR count). The summed E-state index contributed by atoms with van der Waals surface area (Å²) in [6.07, 6.45) is 7.32. The number of hydrogen-bond acceptors (Lipinski definition) is 3. The second-order valence-corrected chi connectivity index (χ2v) is 6.87. The van der Waals surface area contributed by atoms with Crippen LogP contribution in [-0.2, 0) is 4.79 Å². The smallest absolute Gasteiger partial charge is 0.247 e. The molecule has 134 valence electrons. The van der Waals surface area contributed by atoms with E-state index in [9.17, 15) is 4.79 Å². The Bertz CT molecular complexity index is 1100. The molecule has 0 radical (unpaired) electrons. The van der Waals surface area contributed by atoms with Crippen molar-refractivity contribution in [1.82, 2.24) is 4.98 Å². The molecule has 1 amide bonds. The summed E-state index contributed by atoms with van der Waals surface area (Å²) in [6.45, 7) is 6.20. The zero-order valence-electron chi connectivity index (χ0n) is 14.9. The maximum absolute atomic E-state index is 11.8. The van der Waals surface area contributed by atoms with Gasteiger partial charge in [0.25, 0.3) is 0 Å². The monoisotopic (exact) mass is 375 g/mol. The highest BCUT2D eigenvalue weighted by atomic mass is 35.5. The molecular formula is C22H18ClN3O. The second-order valence-electron chi connectivity index (χ2n) is 6.43. The Kier molecular flexibility index (Phi) is 4.42. The highest BCUT2D eigenvalue weighted by molar-refractivity contribution is 6.31. The first-order valence-corrected chi connectivity index (χ1v) is 9.01. The van der Waals surface area contributed by atoms with Crippen molar-refractivity contribution in [3.05, 3.63) is 77.5 Å². The number of halogens is 1. The molecule has 1 aliphatic rings. The Morgan fingerprint density at radius 1 is 1.30 bits per heavy atom. The Morgan fingerprint density at radius 2 is 2.15 bits per heavy atom. The van der Waals surface area contributed by atoms with Crippen molar-refractivity contribution in [3.63, 3.8) is 0 Å².